The Bertz CT molecular complexity index is 927. The van der Waals surface area contributed by atoms with Crippen LogP contribution in [0.1, 0.15) is 23.6 Å². The second kappa shape index (κ2) is 9.15. The molecule has 2 aromatic rings. The number of amides is 1. The van der Waals surface area contributed by atoms with Crippen LogP contribution in [0.5, 0.6) is 0 Å². The fraction of sp³-hybridized carbons (Fsp3) is 0.364. The second-order valence-electron chi connectivity index (χ2n) is 7.32. The van der Waals surface area contributed by atoms with Gasteiger partial charge >= 0.3 is 0 Å². The minimum Gasteiger partial charge on any atom is -0.507 e. The number of likely N-dealkylation sites (tertiary alicyclic amines) is 1. The number of ether oxygens (including phenoxy) is 1. The van der Waals surface area contributed by atoms with E-state index in [1.165, 1.54) is 12.4 Å². The summed E-state index contributed by atoms with van der Waals surface area (Å²) in [6.45, 7) is 4.39. The van der Waals surface area contributed by atoms with Gasteiger partial charge in [0.15, 0.2) is 0 Å². The van der Waals surface area contributed by atoms with Crippen molar-refractivity contribution in [2.24, 2.45) is 0 Å². The lowest BCUT2D eigenvalue weighted by molar-refractivity contribution is -0.140. The molecule has 8 heteroatoms. The second-order valence-corrected chi connectivity index (χ2v) is 7.32. The normalized spacial score (nSPS) is 21.9. The molecule has 0 spiro atoms. The van der Waals surface area contributed by atoms with Crippen LogP contribution in [-0.2, 0) is 14.3 Å². The predicted molar refractivity (Wildman–Crippen MR) is 109 cm³/mol. The van der Waals surface area contributed by atoms with E-state index in [0.717, 1.165) is 26.1 Å². The zero-order chi connectivity index (χ0) is 20.9. The Morgan fingerprint density at radius 1 is 1.07 bits per heavy atom. The van der Waals surface area contributed by atoms with E-state index in [4.69, 9.17) is 4.74 Å². The van der Waals surface area contributed by atoms with Crippen molar-refractivity contribution in [2.75, 3.05) is 39.4 Å². The van der Waals surface area contributed by atoms with Gasteiger partial charge in [0.05, 0.1) is 24.8 Å². The number of Topliss-reactive ketones (excluding diaryl/α,β-unsaturated/α-hetero) is 1. The van der Waals surface area contributed by atoms with Crippen LogP contribution in [0.2, 0.25) is 0 Å². The summed E-state index contributed by atoms with van der Waals surface area (Å²) in [5.41, 5.74) is 1.23. The van der Waals surface area contributed by atoms with E-state index in [1.54, 1.807) is 35.5 Å². The Balaban J connectivity index is 1.63. The van der Waals surface area contributed by atoms with Crippen LogP contribution in [0.3, 0.4) is 0 Å². The molecule has 0 radical (unpaired) electrons. The summed E-state index contributed by atoms with van der Waals surface area (Å²) in [5, 5.41) is 10.9. The number of aromatic nitrogens is 2. The zero-order valence-electron chi connectivity index (χ0n) is 16.6. The minimum absolute atomic E-state index is 0.0885. The zero-order valence-corrected chi connectivity index (χ0v) is 16.6. The van der Waals surface area contributed by atoms with Crippen molar-refractivity contribution >= 4 is 17.4 Å². The van der Waals surface area contributed by atoms with E-state index in [-0.39, 0.29) is 11.3 Å². The molecule has 8 nitrogen and oxygen atoms in total. The third-order valence-electron chi connectivity index (χ3n) is 5.47. The smallest absolute Gasteiger partial charge is 0.295 e. The predicted octanol–water partition coefficient (Wildman–Crippen LogP) is 1.62. The molecule has 4 rings (SSSR count). The Morgan fingerprint density at radius 2 is 1.83 bits per heavy atom. The van der Waals surface area contributed by atoms with Gasteiger partial charge in [-0.1, -0.05) is 6.07 Å². The van der Waals surface area contributed by atoms with Crippen LogP contribution in [0.15, 0.2) is 54.6 Å². The average molecular weight is 408 g/mol. The van der Waals surface area contributed by atoms with Crippen molar-refractivity contribution in [3.8, 4) is 0 Å². The van der Waals surface area contributed by atoms with Gasteiger partial charge in [-0.25, -0.2) is 0 Å². The number of pyridine rings is 2. The largest absolute Gasteiger partial charge is 0.507 e. The molecule has 4 heterocycles. The van der Waals surface area contributed by atoms with Gasteiger partial charge < -0.3 is 14.7 Å². The molecular weight excluding hydrogens is 384 g/mol. The number of hydrogen-bond acceptors (Lipinski definition) is 7. The summed E-state index contributed by atoms with van der Waals surface area (Å²) in [5.74, 6) is -1.47. The summed E-state index contributed by atoms with van der Waals surface area (Å²) in [7, 11) is 0. The Hall–Kier alpha value is -3.10. The third-order valence-corrected chi connectivity index (χ3v) is 5.47. The quantitative estimate of drug-likeness (QED) is 0.441. The summed E-state index contributed by atoms with van der Waals surface area (Å²) >= 11 is 0. The van der Waals surface area contributed by atoms with E-state index >= 15 is 0 Å². The molecule has 1 N–H and O–H groups in total. The molecule has 2 aliphatic heterocycles. The van der Waals surface area contributed by atoms with Crippen molar-refractivity contribution in [1.82, 2.24) is 19.8 Å². The highest BCUT2D eigenvalue weighted by Gasteiger charge is 2.45. The maximum atomic E-state index is 12.9. The van der Waals surface area contributed by atoms with Crippen LogP contribution in [-0.4, -0.2) is 76.0 Å². The topological polar surface area (TPSA) is 95.9 Å². The first-order chi connectivity index (χ1) is 14.7. The lowest BCUT2D eigenvalue weighted by Crippen LogP contribution is -2.39. The van der Waals surface area contributed by atoms with Crippen molar-refractivity contribution in [3.63, 3.8) is 0 Å². The first-order valence-electron chi connectivity index (χ1n) is 10.1. The number of carbonyl (C=O) groups is 2. The monoisotopic (exact) mass is 408 g/mol. The summed E-state index contributed by atoms with van der Waals surface area (Å²) in [4.78, 5) is 37.7. The van der Waals surface area contributed by atoms with Crippen molar-refractivity contribution in [3.05, 3.63) is 65.8 Å². The molecule has 1 atom stereocenters. The fourth-order valence-electron chi connectivity index (χ4n) is 3.95. The Morgan fingerprint density at radius 3 is 2.53 bits per heavy atom. The fourth-order valence-corrected chi connectivity index (χ4v) is 3.95. The first-order valence-corrected chi connectivity index (χ1v) is 10.1. The maximum Gasteiger partial charge on any atom is 0.295 e. The lowest BCUT2D eigenvalue weighted by atomic mass is 9.96. The summed E-state index contributed by atoms with van der Waals surface area (Å²) in [6, 6.07) is 6.13. The molecular formula is C22H24N4O4. The molecule has 2 fully saturated rings. The number of ketones is 1. The van der Waals surface area contributed by atoms with Crippen molar-refractivity contribution in [2.45, 2.75) is 12.5 Å². The molecule has 0 aromatic carbocycles. The van der Waals surface area contributed by atoms with Gasteiger partial charge in [-0.15, -0.1) is 0 Å². The summed E-state index contributed by atoms with van der Waals surface area (Å²) < 4.78 is 5.37. The standard InChI is InChI=1S/C22H24N4O4/c27-20(16-4-7-23-8-5-16)18-19(17-3-1-6-24-15-17)26(22(29)21(18)28)10-2-9-25-11-13-30-14-12-25/h1,3-8,15,19,27H,2,9-14H2/t19-/m1/s1. The Labute approximate surface area is 174 Å². The Kier molecular flexibility index (Phi) is 6.15. The summed E-state index contributed by atoms with van der Waals surface area (Å²) in [6.07, 6.45) is 7.06. The molecule has 1 amide bonds. The number of nitrogens with zero attached hydrogens (tertiary/aromatic N) is 4. The number of morpholine rings is 1. The highest BCUT2D eigenvalue weighted by molar-refractivity contribution is 6.46. The van der Waals surface area contributed by atoms with E-state index in [2.05, 4.69) is 14.9 Å². The van der Waals surface area contributed by atoms with Gasteiger partial charge in [0.25, 0.3) is 11.7 Å². The molecule has 156 valence electrons. The number of aliphatic hydroxyl groups is 1. The van der Waals surface area contributed by atoms with E-state index in [9.17, 15) is 14.7 Å². The van der Waals surface area contributed by atoms with Crippen molar-refractivity contribution < 1.29 is 19.4 Å². The van der Waals surface area contributed by atoms with Gasteiger partial charge in [0.2, 0.25) is 0 Å². The first kappa shape index (κ1) is 20.2. The average Bonchev–Trinajstić information content (AvgIpc) is 3.05. The molecule has 0 saturated carbocycles. The number of carbonyl (C=O) groups excluding carboxylic acids is 2. The van der Waals surface area contributed by atoms with Gasteiger partial charge in [-0.2, -0.15) is 0 Å². The van der Waals surface area contributed by atoms with Gasteiger partial charge in [0, 0.05) is 56.5 Å². The van der Waals surface area contributed by atoms with Crippen LogP contribution >= 0.6 is 0 Å². The SMILES string of the molecule is O=C1C(=O)N(CCCN2CCOCC2)[C@H](c2cccnc2)C1=C(O)c1ccncc1. The van der Waals surface area contributed by atoms with Crippen LogP contribution < -0.4 is 0 Å². The van der Waals surface area contributed by atoms with Crippen molar-refractivity contribution in [1.29, 1.82) is 0 Å². The minimum atomic E-state index is -0.676. The number of rotatable bonds is 6. The van der Waals surface area contributed by atoms with E-state index in [0.29, 0.717) is 30.9 Å². The number of hydrogen-bond donors (Lipinski definition) is 1. The van der Waals surface area contributed by atoms with Crippen LogP contribution in [0.4, 0.5) is 0 Å². The van der Waals surface area contributed by atoms with Gasteiger partial charge in [-0.3, -0.25) is 24.5 Å². The number of aliphatic hydroxyl groups excluding tert-OH is 1. The highest BCUT2D eigenvalue weighted by Crippen LogP contribution is 2.39. The van der Waals surface area contributed by atoms with Gasteiger partial charge in [-0.05, 0) is 30.2 Å². The van der Waals surface area contributed by atoms with Crippen LogP contribution in [0, 0.1) is 0 Å². The molecule has 2 aromatic heterocycles. The van der Waals surface area contributed by atoms with Crippen LogP contribution in [0.25, 0.3) is 5.76 Å². The molecule has 2 aliphatic rings. The molecule has 0 aliphatic carbocycles. The van der Waals surface area contributed by atoms with E-state index < -0.39 is 17.7 Å². The molecule has 30 heavy (non-hydrogen) atoms. The van der Waals surface area contributed by atoms with Gasteiger partial charge in [0.1, 0.15) is 5.76 Å². The molecule has 2 saturated heterocycles. The highest BCUT2D eigenvalue weighted by atomic mass is 16.5. The lowest BCUT2D eigenvalue weighted by Gasteiger charge is -2.29. The molecule has 0 unspecified atom stereocenters. The third kappa shape index (κ3) is 4.10. The molecule has 0 bridgehead atoms. The maximum absolute atomic E-state index is 12.9. The van der Waals surface area contributed by atoms with E-state index in [1.807, 2.05) is 6.07 Å².